The second-order valence-electron chi connectivity index (χ2n) is 1.68. The predicted octanol–water partition coefficient (Wildman–Crippen LogP) is -0.693. The van der Waals surface area contributed by atoms with E-state index in [1.165, 1.54) is 13.0 Å². The number of hydrogen-bond acceptors (Lipinski definition) is 2. The molecule has 0 saturated carbocycles. The highest BCUT2D eigenvalue weighted by molar-refractivity contribution is 4.76. The second kappa shape index (κ2) is 1.58. The van der Waals surface area contributed by atoms with Crippen LogP contribution in [0.15, 0.2) is 0 Å². The van der Waals surface area contributed by atoms with Gasteiger partial charge in [-0.3, -0.25) is 0 Å². The van der Waals surface area contributed by atoms with Crippen molar-refractivity contribution in [1.29, 1.82) is 0 Å². The first-order valence-electron chi connectivity index (χ1n) is 2.37. The van der Waals surface area contributed by atoms with Crippen LogP contribution in [0.2, 0.25) is 0 Å². The fraction of sp³-hybridized carbons (Fsp3) is 1.00. The largest absolute Gasteiger partial charge is 0.329 e. The van der Waals surface area contributed by atoms with Gasteiger partial charge in [0.25, 0.3) is 0 Å². The number of hydrogen-bond donors (Lipinski definition) is 2. The van der Waals surface area contributed by atoms with E-state index in [9.17, 15) is 0 Å². The van der Waals surface area contributed by atoms with Gasteiger partial charge in [-0.15, -0.1) is 0 Å². The van der Waals surface area contributed by atoms with Crippen LogP contribution in [0.5, 0.6) is 0 Å². The van der Waals surface area contributed by atoms with Crippen LogP contribution in [0.25, 0.3) is 0 Å². The van der Waals surface area contributed by atoms with Crippen molar-refractivity contribution in [2.75, 3.05) is 13.1 Å². The van der Waals surface area contributed by atoms with E-state index < -0.39 is 0 Å². The molecular formula is C4H10N2. The molecule has 2 heteroatoms. The quantitative estimate of drug-likeness (QED) is 0.443. The van der Waals surface area contributed by atoms with Crippen LogP contribution >= 0.6 is 0 Å². The molecule has 36 valence electrons. The Bertz CT molecular complexity index is 38.1. The lowest BCUT2D eigenvalue weighted by atomic mass is 10.1. The van der Waals surface area contributed by atoms with Crippen LogP contribution in [-0.2, 0) is 0 Å². The van der Waals surface area contributed by atoms with E-state index >= 15 is 0 Å². The molecule has 1 fully saturated rings. The third-order valence-electron chi connectivity index (χ3n) is 1.21. The fourth-order valence-corrected chi connectivity index (χ4v) is 0.550. The minimum atomic E-state index is 0.644. The molecule has 0 aromatic carbocycles. The van der Waals surface area contributed by atoms with Gasteiger partial charge in [-0.25, -0.2) is 0 Å². The molecule has 1 rings (SSSR count). The van der Waals surface area contributed by atoms with Crippen LogP contribution in [0.4, 0.5) is 0 Å². The van der Waals surface area contributed by atoms with Gasteiger partial charge in [0.2, 0.25) is 0 Å². The molecule has 1 atom stereocenters. The molecule has 1 aliphatic rings. The lowest BCUT2D eigenvalue weighted by molar-refractivity contribution is 0.379. The minimum absolute atomic E-state index is 0.644. The molecule has 0 aromatic rings. The zero-order valence-electron chi connectivity index (χ0n) is 3.78. The second-order valence-corrected chi connectivity index (χ2v) is 1.68. The summed E-state index contributed by atoms with van der Waals surface area (Å²) in [5.74, 6) is 0. The van der Waals surface area contributed by atoms with Crippen molar-refractivity contribution in [3.8, 4) is 0 Å². The number of nitrogens with two attached hydrogens (primary N) is 1. The average molecular weight is 86.1 g/mol. The summed E-state index contributed by atoms with van der Waals surface area (Å²) in [5.41, 5.74) is 5.27. The van der Waals surface area contributed by atoms with Crippen molar-refractivity contribution in [2.45, 2.75) is 12.5 Å². The van der Waals surface area contributed by atoms with Gasteiger partial charge in [-0.1, -0.05) is 0 Å². The van der Waals surface area contributed by atoms with Crippen LogP contribution in [0.1, 0.15) is 6.42 Å². The normalized spacial score (nSPS) is 32.5. The van der Waals surface area contributed by atoms with Crippen molar-refractivity contribution < 1.29 is 0 Å². The molecule has 0 bridgehead atoms. The Balaban J connectivity index is 2.01. The van der Waals surface area contributed by atoms with E-state index in [2.05, 4.69) is 5.32 Å². The molecule has 1 heterocycles. The molecule has 1 aliphatic heterocycles. The zero-order valence-corrected chi connectivity index (χ0v) is 3.78. The van der Waals surface area contributed by atoms with Crippen LogP contribution in [0, 0.1) is 0 Å². The molecule has 0 aliphatic carbocycles. The van der Waals surface area contributed by atoms with Crippen LogP contribution in [-0.4, -0.2) is 19.1 Å². The van der Waals surface area contributed by atoms with Gasteiger partial charge in [-0.05, 0) is 13.0 Å². The highest BCUT2D eigenvalue weighted by Gasteiger charge is 2.12. The summed E-state index contributed by atoms with van der Waals surface area (Å²) in [6.07, 6.45) is 1.27. The Labute approximate surface area is 37.7 Å². The Morgan fingerprint density at radius 1 is 1.83 bits per heavy atom. The Kier molecular flexibility index (Phi) is 1.08. The van der Waals surface area contributed by atoms with Crippen molar-refractivity contribution in [2.24, 2.45) is 5.73 Å². The van der Waals surface area contributed by atoms with Crippen molar-refractivity contribution in [3.63, 3.8) is 0 Å². The highest BCUT2D eigenvalue weighted by atomic mass is 15.0. The summed E-state index contributed by atoms with van der Waals surface area (Å²) in [6.45, 7) is 1.97. The van der Waals surface area contributed by atoms with E-state index in [0.29, 0.717) is 6.04 Å². The van der Waals surface area contributed by atoms with Gasteiger partial charge in [0.1, 0.15) is 0 Å². The summed E-state index contributed by atoms with van der Waals surface area (Å²) in [6, 6.07) is 0.644. The molecule has 3 N–H and O–H groups in total. The molecule has 0 aromatic heterocycles. The first-order valence-corrected chi connectivity index (χ1v) is 2.37. The van der Waals surface area contributed by atoms with Gasteiger partial charge in [0.15, 0.2) is 0 Å². The molecule has 2 nitrogen and oxygen atoms in total. The molecule has 0 spiro atoms. The summed E-state index contributed by atoms with van der Waals surface area (Å²) < 4.78 is 0. The summed E-state index contributed by atoms with van der Waals surface area (Å²) in [7, 11) is 0. The zero-order chi connectivity index (χ0) is 4.41. The van der Waals surface area contributed by atoms with Gasteiger partial charge >= 0.3 is 0 Å². The van der Waals surface area contributed by atoms with Gasteiger partial charge in [0, 0.05) is 12.6 Å². The fourth-order valence-electron chi connectivity index (χ4n) is 0.550. The Morgan fingerprint density at radius 2 is 2.50 bits per heavy atom. The summed E-state index contributed by atoms with van der Waals surface area (Å²) in [5, 5.41) is 3.17. The molecule has 6 heavy (non-hydrogen) atoms. The topological polar surface area (TPSA) is 38.0 Å². The maximum Gasteiger partial charge on any atom is 0.0202 e. The molecule has 0 radical (unpaired) electrons. The first-order chi connectivity index (χ1) is 2.93. The lowest BCUT2D eigenvalue weighted by Crippen LogP contribution is -2.47. The highest BCUT2D eigenvalue weighted by Crippen LogP contribution is 1.96. The van der Waals surface area contributed by atoms with Crippen molar-refractivity contribution >= 4 is 0 Å². The van der Waals surface area contributed by atoms with Crippen LogP contribution in [0.3, 0.4) is 0 Å². The van der Waals surface area contributed by atoms with Crippen LogP contribution < -0.4 is 11.1 Å². The third kappa shape index (κ3) is 0.533. The smallest absolute Gasteiger partial charge is 0.0202 e. The van der Waals surface area contributed by atoms with E-state index in [0.717, 1.165) is 6.54 Å². The van der Waals surface area contributed by atoms with Gasteiger partial charge in [0.05, 0.1) is 0 Å². The van der Waals surface area contributed by atoms with Gasteiger partial charge < -0.3 is 11.1 Å². The van der Waals surface area contributed by atoms with E-state index in [1.807, 2.05) is 0 Å². The van der Waals surface area contributed by atoms with E-state index in [4.69, 9.17) is 5.73 Å². The number of rotatable bonds is 1. The SMILES string of the molecule is NC[C@@H]1CCN1. The van der Waals surface area contributed by atoms with E-state index in [1.54, 1.807) is 0 Å². The predicted molar refractivity (Wildman–Crippen MR) is 25.5 cm³/mol. The van der Waals surface area contributed by atoms with Crippen molar-refractivity contribution in [1.82, 2.24) is 5.32 Å². The van der Waals surface area contributed by atoms with Gasteiger partial charge in [-0.2, -0.15) is 0 Å². The Hall–Kier alpha value is -0.0800. The minimum Gasteiger partial charge on any atom is -0.329 e. The monoisotopic (exact) mass is 86.1 g/mol. The molecule has 0 unspecified atom stereocenters. The average Bonchev–Trinajstić information content (AvgIpc) is 1.31. The van der Waals surface area contributed by atoms with E-state index in [-0.39, 0.29) is 0 Å². The Morgan fingerprint density at radius 3 is 2.50 bits per heavy atom. The molecule has 0 amide bonds. The standard InChI is InChI=1S/C4H10N2/c5-3-4-1-2-6-4/h4,6H,1-3,5H2/t4-/m0/s1. The number of nitrogens with one attached hydrogen (secondary N) is 1. The third-order valence-corrected chi connectivity index (χ3v) is 1.21. The first kappa shape index (κ1) is 4.09. The van der Waals surface area contributed by atoms with Crippen molar-refractivity contribution in [3.05, 3.63) is 0 Å². The lowest BCUT2D eigenvalue weighted by Gasteiger charge is -2.25. The maximum absolute atomic E-state index is 5.27. The molecular weight excluding hydrogens is 76.1 g/mol. The molecule has 1 saturated heterocycles. The summed E-state index contributed by atoms with van der Waals surface area (Å²) >= 11 is 0. The summed E-state index contributed by atoms with van der Waals surface area (Å²) in [4.78, 5) is 0. The maximum atomic E-state index is 5.27.